The molecule has 4 rings (SSSR count). The van der Waals surface area contributed by atoms with Gasteiger partial charge in [0.1, 0.15) is 6.33 Å². The summed E-state index contributed by atoms with van der Waals surface area (Å²) >= 11 is 0. The number of hydrogen-bond donors (Lipinski definition) is 0. The molecule has 0 amide bonds. The standard InChI is InChI=1S/C16H19FN6O/c1-24-16-15(19-4-5-20-16)22-6-2-11-3-7-23(13(11)9-22)14-12(17)8-18-10-21-14/h4-5,8,10-11,13H,2-3,6-7,9H2,1H3. The van der Waals surface area contributed by atoms with E-state index in [1.807, 2.05) is 0 Å². The van der Waals surface area contributed by atoms with Crippen LogP contribution in [-0.4, -0.2) is 52.7 Å². The Balaban J connectivity index is 1.60. The lowest BCUT2D eigenvalue weighted by atomic mass is 9.92. The number of anilines is 2. The first-order chi connectivity index (χ1) is 11.8. The van der Waals surface area contributed by atoms with Crippen molar-refractivity contribution in [1.82, 2.24) is 19.9 Å². The number of fused-ring (bicyclic) bond motifs is 1. The van der Waals surface area contributed by atoms with E-state index in [9.17, 15) is 4.39 Å². The summed E-state index contributed by atoms with van der Waals surface area (Å²) in [7, 11) is 1.60. The number of piperidine rings is 1. The van der Waals surface area contributed by atoms with Crippen LogP contribution < -0.4 is 14.5 Å². The number of ether oxygens (including phenoxy) is 1. The summed E-state index contributed by atoms with van der Waals surface area (Å²) in [6.07, 6.45) is 8.00. The normalized spacial score (nSPS) is 23.2. The lowest BCUT2D eigenvalue weighted by Crippen LogP contribution is -2.49. The zero-order valence-electron chi connectivity index (χ0n) is 13.5. The molecule has 8 heteroatoms. The largest absolute Gasteiger partial charge is 0.478 e. The van der Waals surface area contributed by atoms with Gasteiger partial charge in [-0.1, -0.05) is 0 Å². The predicted octanol–water partition coefficient (Wildman–Crippen LogP) is 1.52. The first kappa shape index (κ1) is 15.0. The third-order valence-electron chi connectivity index (χ3n) is 4.92. The van der Waals surface area contributed by atoms with E-state index in [0.717, 1.165) is 38.3 Å². The molecule has 4 heterocycles. The molecule has 0 N–H and O–H groups in total. The van der Waals surface area contributed by atoms with Gasteiger partial charge in [0.25, 0.3) is 5.88 Å². The van der Waals surface area contributed by atoms with Crippen LogP contribution in [0.15, 0.2) is 24.9 Å². The van der Waals surface area contributed by atoms with Crippen LogP contribution in [0.3, 0.4) is 0 Å². The highest BCUT2D eigenvalue weighted by molar-refractivity contribution is 5.50. The molecule has 2 aliphatic heterocycles. The number of aromatic nitrogens is 4. The lowest BCUT2D eigenvalue weighted by Gasteiger charge is -2.39. The highest BCUT2D eigenvalue weighted by atomic mass is 19.1. The molecule has 0 saturated carbocycles. The van der Waals surface area contributed by atoms with Crippen molar-refractivity contribution in [1.29, 1.82) is 0 Å². The molecule has 2 aromatic heterocycles. The maximum absolute atomic E-state index is 14.1. The monoisotopic (exact) mass is 330 g/mol. The summed E-state index contributed by atoms with van der Waals surface area (Å²) < 4.78 is 19.4. The first-order valence-electron chi connectivity index (χ1n) is 8.10. The summed E-state index contributed by atoms with van der Waals surface area (Å²) in [5.74, 6) is 1.83. The molecule has 0 radical (unpaired) electrons. The Morgan fingerprint density at radius 1 is 1.12 bits per heavy atom. The lowest BCUT2D eigenvalue weighted by molar-refractivity contribution is 0.371. The van der Waals surface area contributed by atoms with Gasteiger partial charge in [0.2, 0.25) is 0 Å². The molecule has 24 heavy (non-hydrogen) atoms. The SMILES string of the molecule is COc1nccnc1N1CCC2CCN(c3ncncc3F)C2C1. The van der Waals surface area contributed by atoms with Crippen molar-refractivity contribution in [3.05, 3.63) is 30.7 Å². The molecule has 0 spiro atoms. The van der Waals surface area contributed by atoms with Crippen LogP contribution in [0.4, 0.5) is 16.0 Å². The minimum atomic E-state index is -0.368. The van der Waals surface area contributed by atoms with Gasteiger partial charge in [-0.2, -0.15) is 0 Å². The summed E-state index contributed by atoms with van der Waals surface area (Å²) in [4.78, 5) is 20.8. The highest BCUT2D eigenvalue weighted by Crippen LogP contribution is 2.37. The zero-order valence-corrected chi connectivity index (χ0v) is 13.5. The van der Waals surface area contributed by atoms with E-state index in [2.05, 4.69) is 29.7 Å². The Bertz CT molecular complexity index is 729. The molecule has 2 aromatic rings. The van der Waals surface area contributed by atoms with E-state index >= 15 is 0 Å². The highest BCUT2D eigenvalue weighted by Gasteiger charge is 2.40. The smallest absolute Gasteiger partial charge is 0.257 e. The van der Waals surface area contributed by atoms with E-state index in [1.54, 1.807) is 19.5 Å². The van der Waals surface area contributed by atoms with Crippen molar-refractivity contribution < 1.29 is 9.13 Å². The van der Waals surface area contributed by atoms with Crippen LogP contribution in [0.25, 0.3) is 0 Å². The second-order valence-corrected chi connectivity index (χ2v) is 6.13. The second kappa shape index (κ2) is 6.18. The number of methoxy groups -OCH3 is 1. The van der Waals surface area contributed by atoms with E-state index in [4.69, 9.17) is 4.74 Å². The summed E-state index contributed by atoms with van der Waals surface area (Å²) in [6, 6.07) is 0.204. The van der Waals surface area contributed by atoms with Gasteiger partial charge in [-0.05, 0) is 18.8 Å². The quantitative estimate of drug-likeness (QED) is 0.845. The van der Waals surface area contributed by atoms with Gasteiger partial charge in [0, 0.05) is 32.0 Å². The summed E-state index contributed by atoms with van der Waals surface area (Å²) in [6.45, 7) is 2.47. The Morgan fingerprint density at radius 3 is 2.79 bits per heavy atom. The Morgan fingerprint density at radius 2 is 1.96 bits per heavy atom. The Labute approximate surface area is 139 Å². The third kappa shape index (κ3) is 2.51. The first-order valence-corrected chi connectivity index (χ1v) is 8.10. The van der Waals surface area contributed by atoms with Gasteiger partial charge in [0.05, 0.1) is 19.3 Å². The number of nitrogens with zero attached hydrogens (tertiary/aromatic N) is 6. The van der Waals surface area contributed by atoms with Crippen LogP contribution in [0.2, 0.25) is 0 Å². The third-order valence-corrected chi connectivity index (χ3v) is 4.92. The van der Waals surface area contributed by atoms with E-state index in [-0.39, 0.29) is 11.9 Å². The molecular formula is C16H19FN6O. The van der Waals surface area contributed by atoms with Crippen LogP contribution >= 0.6 is 0 Å². The minimum absolute atomic E-state index is 0.204. The molecule has 0 bridgehead atoms. The molecule has 7 nitrogen and oxygen atoms in total. The number of halogens is 1. The molecule has 2 fully saturated rings. The van der Waals surface area contributed by atoms with Crippen molar-refractivity contribution in [3.8, 4) is 5.88 Å². The van der Waals surface area contributed by atoms with E-state index in [1.165, 1.54) is 12.5 Å². The number of rotatable bonds is 3. The molecule has 2 aliphatic rings. The minimum Gasteiger partial charge on any atom is -0.478 e. The molecule has 0 aliphatic carbocycles. The van der Waals surface area contributed by atoms with Crippen LogP contribution in [-0.2, 0) is 0 Å². The Kier molecular flexibility index (Phi) is 3.87. The van der Waals surface area contributed by atoms with Crippen LogP contribution in [0, 0.1) is 11.7 Å². The Hall–Kier alpha value is -2.51. The van der Waals surface area contributed by atoms with Gasteiger partial charge in [0.15, 0.2) is 17.5 Å². The maximum atomic E-state index is 14.1. The van der Waals surface area contributed by atoms with Crippen molar-refractivity contribution in [2.24, 2.45) is 5.92 Å². The molecular weight excluding hydrogens is 311 g/mol. The zero-order chi connectivity index (χ0) is 16.5. The topological polar surface area (TPSA) is 67.3 Å². The number of hydrogen-bond acceptors (Lipinski definition) is 7. The fourth-order valence-corrected chi connectivity index (χ4v) is 3.79. The molecule has 2 unspecified atom stereocenters. The molecule has 2 saturated heterocycles. The average Bonchev–Trinajstić information content (AvgIpc) is 3.05. The van der Waals surface area contributed by atoms with Crippen molar-refractivity contribution >= 4 is 11.6 Å². The van der Waals surface area contributed by atoms with Gasteiger partial charge in [-0.15, -0.1) is 0 Å². The second-order valence-electron chi connectivity index (χ2n) is 6.13. The van der Waals surface area contributed by atoms with Gasteiger partial charge < -0.3 is 14.5 Å². The molecule has 2 atom stereocenters. The summed E-state index contributed by atoms with van der Waals surface area (Å²) in [5.41, 5.74) is 0. The summed E-state index contributed by atoms with van der Waals surface area (Å²) in [5, 5.41) is 0. The van der Waals surface area contributed by atoms with Gasteiger partial charge in [-0.25, -0.2) is 24.3 Å². The molecule has 126 valence electrons. The maximum Gasteiger partial charge on any atom is 0.257 e. The predicted molar refractivity (Wildman–Crippen MR) is 86.6 cm³/mol. The van der Waals surface area contributed by atoms with Crippen LogP contribution in [0.5, 0.6) is 5.88 Å². The van der Waals surface area contributed by atoms with Crippen molar-refractivity contribution in [3.63, 3.8) is 0 Å². The average molecular weight is 330 g/mol. The van der Waals surface area contributed by atoms with Crippen molar-refractivity contribution in [2.45, 2.75) is 18.9 Å². The van der Waals surface area contributed by atoms with Gasteiger partial charge >= 0.3 is 0 Å². The van der Waals surface area contributed by atoms with Crippen LogP contribution in [0.1, 0.15) is 12.8 Å². The fraction of sp³-hybridized carbons (Fsp3) is 0.500. The van der Waals surface area contributed by atoms with Crippen molar-refractivity contribution in [2.75, 3.05) is 36.5 Å². The van der Waals surface area contributed by atoms with E-state index < -0.39 is 0 Å². The van der Waals surface area contributed by atoms with E-state index in [0.29, 0.717) is 17.6 Å². The fourth-order valence-electron chi connectivity index (χ4n) is 3.79. The molecule has 0 aromatic carbocycles. The van der Waals surface area contributed by atoms with Gasteiger partial charge in [-0.3, -0.25) is 0 Å².